The average molecular weight is 280 g/mol. The lowest BCUT2D eigenvalue weighted by Gasteiger charge is -2.45. The minimum absolute atomic E-state index is 0.0200. The number of rotatable bonds is 5. The van der Waals surface area contributed by atoms with E-state index in [1.807, 2.05) is 14.0 Å². The number of pyridine rings is 1. The molecule has 20 heavy (non-hydrogen) atoms. The highest BCUT2D eigenvalue weighted by Gasteiger charge is 2.43. The van der Waals surface area contributed by atoms with Gasteiger partial charge in [-0.15, -0.1) is 0 Å². The Hall–Kier alpha value is -1.00. The summed E-state index contributed by atoms with van der Waals surface area (Å²) in [5, 5.41) is 3.33. The van der Waals surface area contributed by atoms with Crippen molar-refractivity contribution in [2.75, 3.05) is 13.7 Å². The van der Waals surface area contributed by atoms with E-state index in [-0.39, 0.29) is 17.5 Å². The maximum absolute atomic E-state index is 13.5. The summed E-state index contributed by atoms with van der Waals surface area (Å²) in [6.07, 6.45) is 7.39. The fourth-order valence-electron chi connectivity index (χ4n) is 3.63. The van der Waals surface area contributed by atoms with E-state index in [0.29, 0.717) is 12.5 Å². The monoisotopic (exact) mass is 280 g/mol. The molecule has 0 aliphatic heterocycles. The van der Waals surface area contributed by atoms with Crippen LogP contribution in [0.4, 0.5) is 4.39 Å². The second-order valence-electron chi connectivity index (χ2n) is 5.86. The van der Waals surface area contributed by atoms with Gasteiger partial charge in [-0.25, -0.2) is 4.39 Å². The standard InChI is InChI=1S/C16H25FN2O/c1-4-20-16(7-5-6-12(2)9-16)15(18-3)13-8-14(17)11-19-10-13/h8,10-12,15,18H,4-7,9H2,1-3H3. The van der Waals surface area contributed by atoms with Crippen LogP contribution >= 0.6 is 0 Å². The van der Waals surface area contributed by atoms with Gasteiger partial charge in [0.2, 0.25) is 0 Å². The molecule has 2 rings (SSSR count). The molecule has 3 unspecified atom stereocenters. The van der Waals surface area contributed by atoms with Crippen LogP contribution in [-0.2, 0) is 4.74 Å². The predicted octanol–water partition coefficient (Wildman–Crippen LogP) is 3.47. The molecule has 1 fully saturated rings. The van der Waals surface area contributed by atoms with Crippen molar-refractivity contribution < 1.29 is 9.13 Å². The van der Waals surface area contributed by atoms with Crippen molar-refractivity contribution >= 4 is 0 Å². The van der Waals surface area contributed by atoms with E-state index in [1.165, 1.54) is 12.6 Å². The van der Waals surface area contributed by atoms with Gasteiger partial charge in [0.1, 0.15) is 5.82 Å². The van der Waals surface area contributed by atoms with E-state index in [1.54, 1.807) is 12.3 Å². The number of aromatic nitrogens is 1. The van der Waals surface area contributed by atoms with E-state index < -0.39 is 0 Å². The molecule has 0 spiro atoms. The van der Waals surface area contributed by atoms with Crippen molar-refractivity contribution in [3.63, 3.8) is 0 Å². The Morgan fingerprint density at radius 2 is 2.35 bits per heavy atom. The fourth-order valence-corrected chi connectivity index (χ4v) is 3.63. The van der Waals surface area contributed by atoms with Gasteiger partial charge in [0.05, 0.1) is 17.8 Å². The number of ether oxygens (including phenoxy) is 1. The smallest absolute Gasteiger partial charge is 0.141 e. The highest BCUT2D eigenvalue weighted by atomic mass is 19.1. The van der Waals surface area contributed by atoms with E-state index in [0.717, 1.165) is 24.8 Å². The molecule has 1 saturated carbocycles. The van der Waals surface area contributed by atoms with Crippen LogP contribution in [-0.4, -0.2) is 24.2 Å². The van der Waals surface area contributed by atoms with E-state index >= 15 is 0 Å². The van der Waals surface area contributed by atoms with Crippen molar-refractivity contribution in [2.24, 2.45) is 5.92 Å². The SMILES string of the molecule is CCOC1(C(NC)c2cncc(F)c2)CCCC(C)C1. The van der Waals surface area contributed by atoms with Crippen LogP contribution in [0, 0.1) is 11.7 Å². The van der Waals surface area contributed by atoms with Crippen molar-refractivity contribution in [3.05, 3.63) is 29.8 Å². The third kappa shape index (κ3) is 3.18. The minimum atomic E-state index is -0.293. The van der Waals surface area contributed by atoms with Crippen LogP contribution in [0.5, 0.6) is 0 Å². The molecule has 0 saturated heterocycles. The Morgan fingerprint density at radius 1 is 1.55 bits per heavy atom. The van der Waals surface area contributed by atoms with E-state index in [2.05, 4.69) is 17.2 Å². The molecule has 4 heteroatoms. The number of hydrogen-bond donors (Lipinski definition) is 1. The van der Waals surface area contributed by atoms with Gasteiger partial charge in [0.25, 0.3) is 0 Å². The average Bonchev–Trinajstić information content (AvgIpc) is 2.39. The molecular weight excluding hydrogens is 255 g/mol. The molecule has 1 N–H and O–H groups in total. The molecule has 0 amide bonds. The first-order chi connectivity index (χ1) is 9.61. The Kier molecular flexibility index (Phi) is 5.11. The number of hydrogen-bond acceptors (Lipinski definition) is 3. The molecule has 3 atom stereocenters. The van der Waals surface area contributed by atoms with Crippen LogP contribution in [0.2, 0.25) is 0 Å². The van der Waals surface area contributed by atoms with Crippen molar-refractivity contribution in [3.8, 4) is 0 Å². The molecular formula is C16H25FN2O. The summed E-state index contributed by atoms with van der Waals surface area (Å²) in [7, 11) is 1.91. The maximum atomic E-state index is 13.5. The highest BCUT2D eigenvalue weighted by Crippen LogP contribution is 2.43. The van der Waals surface area contributed by atoms with Crippen LogP contribution in [0.15, 0.2) is 18.5 Å². The third-order valence-electron chi connectivity index (χ3n) is 4.30. The second-order valence-corrected chi connectivity index (χ2v) is 5.86. The van der Waals surface area contributed by atoms with Crippen LogP contribution in [0.25, 0.3) is 0 Å². The number of nitrogens with one attached hydrogen (secondary N) is 1. The summed E-state index contributed by atoms with van der Waals surface area (Å²) in [6.45, 7) is 4.97. The molecule has 1 heterocycles. The Bertz CT molecular complexity index is 436. The zero-order chi connectivity index (χ0) is 14.6. The molecule has 1 aliphatic carbocycles. The van der Waals surface area contributed by atoms with Gasteiger partial charge in [-0.05, 0) is 44.4 Å². The molecule has 0 radical (unpaired) electrons. The van der Waals surface area contributed by atoms with Gasteiger partial charge < -0.3 is 10.1 Å². The zero-order valence-electron chi connectivity index (χ0n) is 12.7. The van der Waals surface area contributed by atoms with Gasteiger partial charge >= 0.3 is 0 Å². The lowest BCUT2D eigenvalue weighted by atomic mass is 9.73. The van der Waals surface area contributed by atoms with Gasteiger partial charge in [-0.1, -0.05) is 19.8 Å². The summed E-state index contributed by atoms with van der Waals surface area (Å²) in [5.74, 6) is 0.339. The molecule has 3 nitrogen and oxygen atoms in total. The molecule has 1 aromatic heterocycles. The van der Waals surface area contributed by atoms with Crippen LogP contribution in [0.3, 0.4) is 0 Å². The number of nitrogens with zero attached hydrogens (tertiary/aromatic N) is 1. The second kappa shape index (κ2) is 6.64. The number of likely N-dealkylation sites (N-methyl/N-ethyl adjacent to an activating group) is 1. The summed E-state index contributed by atoms with van der Waals surface area (Å²) in [4.78, 5) is 3.99. The first-order valence-corrected chi connectivity index (χ1v) is 7.53. The van der Waals surface area contributed by atoms with E-state index in [9.17, 15) is 4.39 Å². The van der Waals surface area contributed by atoms with Gasteiger partial charge in [0.15, 0.2) is 0 Å². The molecule has 0 bridgehead atoms. The zero-order valence-corrected chi connectivity index (χ0v) is 12.7. The largest absolute Gasteiger partial charge is 0.373 e. The van der Waals surface area contributed by atoms with E-state index in [4.69, 9.17) is 4.74 Å². The summed E-state index contributed by atoms with van der Waals surface area (Å²) < 4.78 is 19.7. The van der Waals surface area contributed by atoms with Crippen LogP contribution < -0.4 is 5.32 Å². The number of halogens is 1. The lowest BCUT2D eigenvalue weighted by molar-refractivity contribution is -0.100. The minimum Gasteiger partial charge on any atom is -0.373 e. The van der Waals surface area contributed by atoms with Crippen molar-refractivity contribution in [1.82, 2.24) is 10.3 Å². The van der Waals surface area contributed by atoms with Crippen molar-refractivity contribution in [2.45, 2.75) is 51.2 Å². The van der Waals surface area contributed by atoms with Crippen molar-refractivity contribution in [1.29, 1.82) is 0 Å². The van der Waals surface area contributed by atoms with Gasteiger partial charge in [-0.2, -0.15) is 0 Å². The summed E-state index contributed by atoms with van der Waals surface area (Å²) >= 11 is 0. The summed E-state index contributed by atoms with van der Waals surface area (Å²) in [5.41, 5.74) is 0.617. The Morgan fingerprint density at radius 3 is 2.95 bits per heavy atom. The normalized spacial score (nSPS) is 28.3. The predicted molar refractivity (Wildman–Crippen MR) is 78.0 cm³/mol. The molecule has 1 aromatic rings. The molecule has 0 aromatic carbocycles. The summed E-state index contributed by atoms with van der Waals surface area (Å²) in [6, 6.07) is 1.54. The molecule has 1 aliphatic rings. The van der Waals surface area contributed by atoms with Crippen LogP contribution in [0.1, 0.15) is 51.1 Å². The van der Waals surface area contributed by atoms with Gasteiger partial charge in [0, 0.05) is 12.8 Å². The maximum Gasteiger partial charge on any atom is 0.141 e. The fraction of sp³-hybridized carbons (Fsp3) is 0.688. The first-order valence-electron chi connectivity index (χ1n) is 7.53. The Labute approximate surface area is 120 Å². The lowest BCUT2D eigenvalue weighted by Crippen LogP contribution is -2.48. The topological polar surface area (TPSA) is 34.1 Å². The highest BCUT2D eigenvalue weighted by molar-refractivity contribution is 5.20. The molecule has 112 valence electrons. The third-order valence-corrected chi connectivity index (χ3v) is 4.30. The van der Waals surface area contributed by atoms with Gasteiger partial charge in [-0.3, -0.25) is 4.98 Å². The first kappa shape index (κ1) is 15.4. The quantitative estimate of drug-likeness (QED) is 0.897. The Balaban J connectivity index is 2.34.